The topological polar surface area (TPSA) is 101 Å². The van der Waals surface area contributed by atoms with E-state index < -0.39 is 16.1 Å². The second-order valence-corrected chi connectivity index (χ2v) is 10.5. The van der Waals surface area contributed by atoms with Crippen LogP contribution >= 0.6 is 11.6 Å². The van der Waals surface area contributed by atoms with E-state index in [1.807, 2.05) is 12.1 Å². The average Bonchev–Trinajstić information content (AvgIpc) is 3.48. The van der Waals surface area contributed by atoms with E-state index in [0.717, 1.165) is 15.6 Å². The Balaban J connectivity index is 1.66. The van der Waals surface area contributed by atoms with Gasteiger partial charge in [-0.15, -0.1) is 0 Å². The lowest BCUT2D eigenvalue weighted by Crippen LogP contribution is -2.31. The van der Waals surface area contributed by atoms with Gasteiger partial charge in [-0.25, -0.2) is 17.7 Å². The van der Waals surface area contributed by atoms with Crippen molar-refractivity contribution in [3.8, 4) is 0 Å². The first-order valence-corrected chi connectivity index (χ1v) is 12.1. The number of sulfonamides is 1. The number of aryl methyl sites for hydroxylation is 1. The molecule has 2 aromatic heterocycles. The summed E-state index contributed by atoms with van der Waals surface area (Å²) >= 11 is 6.00. The van der Waals surface area contributed by atoms with E-state index in [2.05, 4.69) is 10.2 Å². The molecule has 1 amide bonds. The zero-order valence-corrected chi connectivity index (χ0v) is 20.3. The van der Waals surface area contributed by atoms with E-state index in [4.69, 9.17) is 16.0 Å². The third-order valence-corrected chi connectivity index (χ3v) is 7.87. The van der Waals surface area contributed by atoms with Crippen LogP contribution in [0.1, 0.15) is 35.2 Å². The minimum Gasteiger partial charge on any atom is -0.467 e. The Hall–Kier alpha value is -2.95. The summed E-state index contributed by atoms with van der Waals surface area (Å²) in [7, 11) is -0.775. The van der Waals surface area contributed by atoms with Crippen LogP contribution in [0.15, 0.2) is 57.1 Å². The highest BCUT2D eigenvalue weighted by Gasteiger charge is 2.36. The summed E-state index contributed by atoms with van der Waals surface area (Å²) < 4.78 is 33.5. The van der Waals surface area contributed by atoms with Gasteiger partial charge < -0.3 is 4.42 Å². The largest absolute Gasteiger partial charge is 0.467 e. The van der Waals surface area contributed by atoms with Crippen LogP contribution in [0.5, 0.6) is 0 Å². The molecule has 33 heavy (non-hydrogen) atoms. The summed E-state index contributed by atoms with van der Waals surface area (Å²) in [6.07, 6.45) is 2.02. The van der Waals surface area contributed by atoms with Crippen LogP contribution in [0.4, 0.5) is 0 Å². The summed E-state index contributed by atoms with van der Waals surface area (Å²) in [6.45, 7) is 3.09. The minimum atomic E-state index is -3.70. The highest BCUT2D eigenvalue weighted by atomic mass is 35.5. The van der Waals surface area contributed by atoms with Crippen molar-refractivity contribution in [1.82, 2.24) is 19.1 Å². The molecule has 1 aromatic carbocycles. The number of aromatic nitrogens is 2. The number of hydrazone groups is 1. The maximum absolute atomic E-state index is 13.3. The van der Waals surface area contributed by atoms with Gasteiger partial charge in [-0.2, -0.15) is 10.2 Å². The molecule has 0 unspecified atom stereocenters. The standard InChI is InChI=1S/C22H24ClN5O4S/c1-14-22(33(30,31)26(3)4)15(2)27(24-14)13-21(29)28-19(20-6-5-11-32-20)12-18(25-28)16-7-9-17(23)10-8-16/h5-11,19H,12-13H2,1-4H3/t19-/m1/s1. The normalized spacial score (nSPS) is 16.5. The zero-order chi connectivity index (χ0) is 23.9. The molecule has 4 rings (SSSR count). The number of hydrogen-bond acceptors (Lipinski definition) is 6. The molecule has 0 spiro atoms. The Bertz CT molecular complexity index is 1310. The lowest BCUT2D eigenvalue weighted by Gasteiger charge is -2.20. The molecule has 1 aliphatic rings. The number of rotatable bonds is 6. The molecule has 3 heterocycles. The Kier molecular flexibility index (Phi) is 6.17. The lowest BCUT2D eigenvalue weighted by molar-refractivity contribution is -0.134. The van der Waals surface area contributed by atoms with Gasteiger partial charge in [0.15, 0.2) is 0 Å². The van der Waals surface area contributed by atoms with Crippen molar-refractivity contribution in [2.24, 2.45) is 5.10 Å². The smallest absolute Gasteiger partial charge is 0.265 e. The minimum absolute atomic E-state index is 0.106. The Morgan fingerprint density at radius 3 is 2.52 bits per heavy atom. The van der Waals surface area contributed by atoms with Crippen molar-refractivity contribution in [2.75, 3.05) is 14.1 Å². The van der Waals surface area contributed by atoms with Gasteiger partial charge in [0.1, 0.15) is 23.2 Å². The molecule has 11 heteroatoms. The molecule has 0 N–H and O–H groups in total. The molecule has 0 fully saturated rings. The van der Waals surface area contributed by atoms with Crippen molar-refractivity contribution < 1.29 is 17.6 Å². The van der Waals surface area contributed by atoms with E-state index >= 15 is 0 Å². The zero-order valence-electron chi connectivity index (χ0n) is 18.7. The monoisotopic (exact) mass is 489 g/mol. The van der Waals surface area contributed by atoms with Gasteiger partial charge in [-0.1, -0.05) is 23.7 Å². The van der Waals surface area contributed by atoms with Crippen LogP contribution in [0.25, 0.3) is 0 Å². The quantitative estimate of drug-likeness (QED) is 0.528. The van der Waals surface area contributed by atoms with E-state index in [-0.39, 0.29) is 17.3 Å². The molecule has 3 aromatic rings. The number of halogens is 1. The molecule has 0 saturated heterocycles. The summed E-state index contributed by atoms with van der Waals surface area (Å²) in [5, 5.41) is 10.9. The second-order valence-electron chi connectivity index (χ2n) is 7.97. The highest BCUT2D eigenvalue weighted by molar-refractivity contribution is 7.89. The fraction of sp³-hybridized carbons (Fsp3) is 0.318. The Morgan fingerprint density at radius 2 is 1.91 bits per heavy atom. The summed E-state index contributed by atoms with van der Waals surface area (Å²) in [6, 6.07) is 10.4. The van der Waals surface area contributed by atoms with Gasteiger partial charge in [0, 0.05) is 25.5 Å². The molecule has 174 valence electrons. The average molecular weight is 490 g/mol. The van der Waals surface area contributed by atoms with Crippen LogP contribution in [-0.2, 0) is 21.4 Å². The SMILES string of the molecule is Cc1nn(CC(=O)N2N=C(c3ccc(Cl)cc3)C[C@@H]2c2ccco2)c(C)c1S(=O)(=O)N(C)C. The fourth-order valence-electron chi connectivity index (χ4n) is 3.85. The van der Waals surface area contributed by atoms with Crippen molar-refractivity contribution in [1.29, 1.82) is 0 Å². The maximum Gasteiger partial charge on any atom is 0.265 e. The van der Waals surface area contributed by atoms with Crippen molar-refractivity contribution in [2.45, 2.75) is 37.8 Å². The van der Waals surface area contributed by atoms with Crippen LogP contribution in [0.2, 0.25) is 5.02 Å². The number of furan rings is 1. The third kappa shape index (κ3) is 4.33. The second kappa shape index (κ2) is 8.77. The molecule has 0 radical (unpaired) electrons. The van der Waals surface area contributed by atoms with Crippen LogP contribution in [-0.4, -0.2) is 53.2 Å². The van der Waals surface area contributed by atoms with Gasteiger partial charge in [-0.3, -0.25) is 9.48 Å². The van der Waals surface area contributed by atoms with Crippen molar-refractivity contribution in [3.63, 3.8) is 0 Å². The molecular weight excluding hydrogens is 466 g/mol. The predicted molar refractivity (Wildman–Crippen MR) is 123 cm³/mol. The summed E-state index contributed by atoms with van der Waals surface area (Å²) in [5.74, 6) is 0.278. The van der Waals surface area contributed by atoms with E-state index in [1.54, 1.807) is 44.4 Å². The maximum atomic E-state index is 13.3. The van der Waals surface area contributed by atoms with Gasteiger partial charge in [0.25, 0.3) is 5.91 Å². The summed E-state index contributed by atoms with van der Waals surface area (Å²) in [4.78, 5) is 13.4. The number of carbonyl (C=O) groups excluding carboxylic acids is 1. The number of amides is 1. The summed E-state index contributed by atoms with van der Waals surface area (Å²) in [5.41, 5.74) is 2.32. The molecule has 0 saturated carbocycles. The van der Waals surface area contributed by atoms with Crippen LogP contribution in [0.3, 0.4) is 0 Å². The molecule has 1 aliphatic heterocycles. The molecule has 9 nitrogen and oxygen atoms in total. The Morgan fingerprint density at radius 1 is 1.21 bits per heavy atom. The van der Waals surface area contributed by atoms with E-state index in [9.17, 15) is 13.2 Å². The van der Waals surface area contributed by atoms with Gasteiger partial charge in [0.05, 0.1) is 23.4 Å². The highest BCUT2D eigenvalue weighted by Crippen LogP contribution is 2.33. The van der Waals surface area contributed by atoms with Crippen LogP contribution in [0, 0.1) is 13.8 Å². The van der Waals surface area contributed by atoms with Crippen molar-refractivity contribution in [3.05, 3.63) is 70.4 Å². The van der Waals surface area contributed by atoms with E-state index in [1.165, 1.54) is 23.8 Å². The molecular formula is C22H24ClN5O4S. The van der Waals surface area contributed by atoms with Crippen LogP contribution < -0.4 is 0 Å². The fourth-order valence-corrected chi connectivity index (χ4v) is 5.23. The van der Waals surface area contributed by atoms with Gasteiger partial charge in [-0.05, 0) is 43.7 Å². The van der Waals surface area contributed by atoms with Gasteiger partial charge in [0.2, 0.25) is 10.0 Å². The number of hydrogen-bond donors (Lipinski definition) is 0. The predicted octanol–water partition coefficient (Wildman–Crippen LogP) is 3.37. The van der Waals surface area contributed by atoms with Crippen molar-refractivity contribution >= 4 is 33.2 Å². The lowest BCUT2D eigenvalue weighted by atomic mass is 10.0. The first-order chi connectivity index (χ1) is 15.6. The van der Waals surface area contributed by atoms with E-state index in [0.29, 0.717) is 28.6 Å². The molecule has 1 atom stereocenters. The first kappa shape index (κ1) is 23.2. The molecule has 0 aliphatic carbocycles. The third-order valence-electron chi connectivity index (χ3n) is 5.55. The van der Waals surface area contributed by atoms with Gasteiger partial charge >= 0.3 is 0 Å². The molecule has 0 bridgehead atoms. The Labute approximate surface area is 197 Å². The first-order valence-electron chi connectivity index (χ1n) is 10.2. The number of benzene rings is 1. The number of nitrogens with zero attached hydrogens (tertiary/aromatic N) is 5. The number of carbonyl (C=O) groups is 1.